The Kier molecular flexibility index (Phi) is 2.23. The Morgan fingerprint density at radius 2 is 2.00 bits per heavy atom. The van der Waals surface area contributed by atoms with Crippen molar-refractivity contribution in [2.24, 2.45) is 0 Å². The lowest BCUT2D eigenvalue weighted by atomic mass is 10.3. The fraction of sp³-hybridized carbons (Fsp3) is 0.273. The highest BCUT2D eigenvalue weighted by molar-refractivity contribution is 7.11. The Hall–Kier alpha value is -1.02. The molecule has 0 aliphatic rings. The highest BCUT2D eigenvalue weighted by Crippen LogP contribution is 2.19. The minimum atomic E-state index is 0.923. The van der Waals surface area contributed by atoms with Gasteiger partial charge in [0, 0.05) is 16.2 Å². The second-order valence-corrected chi connectivity index (χ2v) is 4.57. The Morgan fingerprint density at radius 3 is 2.54 bits per heavy atom. The third-order valence-electron chi connectivity index (χ3n) is 1.94. The van der Waals surface area contributed by atoms with Gasteiger partial charge in [-0.05, 0) is 38.1 Å². The molecule has 2 rings (SSSR count). The fourth-order valence-corrected chi connectivity index (χ4v) is 2.23. The average molecular weight is 192 g/mol. The molecule has 0 aliphatic heterocycles. The molecule has 1 nitrogen and oxygen atoms in total. The van der Waals surface area contributed by atoms with E-state index in [-0.39, 0.29) is 0 Å². The summed E-state index contributed by atoms with van der Waals surface area (Å²) in [6.07, 6.45) is 0.923. The van der Waals surface area contributed by atoms with Crippen LogP contribution in [-0.4, -0.2) is 0 Å². The molecule has 0 radical (unpaired) electrons. The van der Waals surface area contributed by atoms with Gasteiger partial charge in [-0.15, -0.1) is 11.3 Å². The van der Waals surface area contributed by atoms with Gasteiger partial charge in [-0.3, -0.25) is 0 Å². The molecule has 0 saturated heterocycles. The smallest absolute Gasteiger partial charge is 0.109 e. The van der Waals surface area contributed by atoms with Gasteiger partial charge in [-0.2, -0.15) is 0 Å². The van der Waals surface area contributed by atoms with E-state index < -0.39 is 0 Å². The summed E-state index contributed by atoms with van der Waals surface area (Å²) in [5.41, 5.74) is 0. The zero-order valence-corrected chi connectivity index (χ0v) is 8.65. The lowest BCUT2D eigenvalue weighted by Crippen LogP contribution is -1.78. The van der Waals surface area contributed by atoms with Crippen molar-refractivity contribution in [3.63, 3.8) is 0 Å². The molecule has 68 valence electrons. The van der Waals surface area contributed by atoms with Crippen LogP contribution >= 0.6 is 11.3 Å². The lowest BCUT2D eigenvalue weighted by Gasteiger charge is -1.91. The predicted octanol–water partition coefficient (Wildman–Crippen LogP) is 3.55. The first-order chi connectivity index (χ1) is 6.24. The molecule has 0 unspecified atom stereocenters. The minimum absolute atomic E-state index is 0.923. The molecule has 2 heterocycles. The molecule has 0 spiro atoms. The molecule has 2 aromatic heterocycles. The van der Waals surface area contributed by atoms with E-state index in [4.69, 9.17) is 4.42 Å². The van der Waals surface area contributed by atoms with Crippen molar-refractivity contribution < 1.29 is 4.42 Å². The third-order valence-corrected chi connectivity index (χ3v) is 2.94. The molecular formula is C11H12OS. The monoisotopic (exact) mass is 192 g/mol. The van der Waals surface area contributed by atoms with Gasteiger partial charge in [0.05, 0.1) is 0 Å². The highest BCUT2D eigenvalue weighted by atomic mass is 32.1. The van der Waals surface area contributed by atoms with E-state index in [2.05, 4.69) is 19.1 Å². The molecule has 0 amide bonds. The van der Waals surface area contributed by atoms with Gasteiger partial charge in [0.15, 0.2) is 0 Å². The first-order valence-corrected chi connectivity index (χ1v) is 5.16. The van der Waals surface area contributed by atoms with Gasteiger partial charge >= 0.3 is 0 Å². The van der Waals surface area contributed by atoms with E-state index in [0.29, 0.717) is 0 Å². The Balaban J connectivity index is 2.14. The van der Waals surface area contributed by atoms with Crippen molar-refractivity contribution in [3.05, 3.63) is 45.5 Å². The highest BCUT2D eigenvalue weighted by Gasteiger charge is 2.02. The van der Waals surface area contributed by atoms with Crippen molar-refractivity contribution in [2.45, 2.75) is 20.3 Å². The number of thiophene rings is 1. The lowest BCUT2D eigenvalue weighted by molar-refractivity contribution is 0.494. The summed E-state index contributed by atoms with van der Waals surface area (Å²) in [5.74, 6) is 2.04. The van der Waals surface area contributed by atoms with Crippen molar-refractivity contribution in [1.29, 1.82) is 0 Å². The largest absolute Gasteiger partial charge is 0.466 e. The number of furan rings is 1. The summed E-state index contributed by atoms with van der Waals surface area (Å²) in [4.78, 5) is 2.73. The van der Waals surface area contributed by atoms with Gasteiger partial charge in [-0.25, -0.2) is 0 Å². The van der Waals surface area contributed by atoms with Crippen molar-refractivity contribution >= 4 is 11.3 Å². The maximum Gasteiger partial charge on any atom is 0.109 e. The first-order valence-electron chi connectivity index (χ1n) is 4.34. The third kappa shape index (κ3) is 2.01. The van der Waals surface area contributed by atoms with Crippen molar-refractivity contribution in [3.8, 4) is 0 Å². The number of aryl methyl sites for hydroxylation is 2. The zero-order valence-electron chi connectivity index (χ0n) is 7.83. The molecule has 2 aromatic rings. The van der Waals surface area contributed by atoms with Crippen LogP contribution in [0.3, 0.4) is 0 Å². The molecule has 0 bridgehead atoms. The summed E-state index contributed by atoms with van der Waals surface area (Å²) in [5, 5.41) is 0. The van der Waals surface area contributed by atoms with Crippen LogP contribution in [0.4, 0.5) is 0 Å². The van der Waals surface area contributed by atoms with Gasteiger partial charge in [0.2, 0.25) is 0 Å². The van der Waals surface area contributed by atoms with Crippen LogP contribution in [0.1, 0.15) is 21.3 Å². The van der Waals surface area contributed by atoms with Crippen LogP contribution in [0, 0.1) is 13.8 Å². The predicted molar refractivity (Wildman–Crippen MR) is 55.3 cm³/mol. The number of hydrogen-bond acceptors (Lipinski definition) is 2. The van der Waals surface area contributed by atoms with E-state index in [1.165, 1.54) is 9.75 Å². The van der Waals surface area contributed by atoms with E-state index >= 15 is 0 Å². The topological polar surface area (TPSA) is 13.1 Å². The van der Waals surface area contributed by atoms with Gasteiger partial charge in [-0.1, -0.05) is 0 Å². The second-order valence-electron chi connectivity index (χ2n) is 3.20. The minimum Gasteiger partial charge on any atom is -0.466 e. The van der Waals surface area contributed by atoms with Crippen LogP contribution in [0.25, 0.3) is 0 Å². The Bertz CT molecular complexity index is 359. The molecule has 0 aromatic carbocycles. The summed E-state index contributed by atoms with van der Waals surface area (Å²) in [7, 11) is 0. The Labute approximate surface area is 82.0 Å². The van der Waals surface area contributed by atoms with Crippen LogP contribution in [0.15, 0.2) is 28.7 Å². The number of hydrogen-bond donors (Lipinski definition) is 0. The van der Waals surface area contributed by atoms with Crippen molar-refractivity contribution in [1.82, 2.24) is 0 Å². The molecular weight excluding hydrogens is 180 g/mol. The number of rotatable bonds is 2. The first kappa shape index (κ1) is 8.57. The van der Waals surface area contributed by atoms with Gasteiger partial charge in [0.25, 0.3) is 0 Å². The summed E-state index contributed by atoms with van der Waals surface area (Å²) in [6, 6.07) is 8.37. The normalized spacial score (nSPS) is 10.6. The van der Waals surface area contributed by atoms with Crippen LogP contribution in [-0.2, 0) is 6.42 Å². The SMILES string of the molecule is Cc1ccc(Cc2ccc(C)s2)o1. The van der Waals surface area contributed by atoms with E-state index in [1.54, 1.807) is 0 Å². The van der Waals surface area contributed by atoms with E-state index in [9.17, 15) is 0 Å². The molecule has 13 heavy (non-hydrogen) atoms. The van der Waals surface area contributed by atoms with Crippen LogP contribution < -0.4 is 0 Å². The zero-order chi connectivity index (χ0) is 9.26. The van der Waals surface area contributed by atoms with Crippen molar-refractivity contribution in [2.75, 3.05) is 0 Å². The molecule has 0 saturated carbocycles. The summed E-state index contributed by atoms with van der Waals surface area (Å²) in [6.45, 7) is 4.10. The average Bonchev–Trinajstić information content (AvgIpc) is 2.62. The van der Waals surface area contributed by atoms with Crippen LogP contribution in [0.5, 0.6) is 0 Å². The second kappa shape index (κ2) is 3.38. The van der Waals surface area contributed by atoms with E-state index in [1.807, 2.05) is 30.4 Å². The van der Waals surface area contributed by atoms with Crippen LogP contribution in [0.2, 0.25) is 0 Å². The Morgan fingerprint density at radius 1 is 1.15 bits per heavy atom. The van der Waals surface area contributed by atoms with Gasteiger partial charge < -0.3 is 4.42 Å². The fourth-order valence-electron chi connectivity index (χ4n) is 1.33. The maximum absolute atomic E-state index is 5.50. The van der Waals surface area contributed by atoms with Gasteiger partial charge in [0.1, 0.15) is 11.5 Å². The van der Waals surface area contributed by atoms with E-state index in [0.717, 1.165) is 17.9 Å². The standard InChI is InChI=1S/C11H12OS/c1-8-3-5-10(12-8)7-11-6-4-9(2)13-11/h3-6H,7H2,1-2H3. The molecule has 0 fully saturated rings. The molecule has 0 N–H and O–H groups in total. The molecule has 0 aliphatic carbocycles. The summed E-state index contributed by atoms with van der Waals surface area (Å²) < 4.78 is 5.50. The molecule has 2 heteroatoms. The quantitative estimate of drug-likeness (QED) is 0.709. The molecule has 0 atom stereocenters. The maximum atomic E-state index is 5.50. The summed E-state index contributed by atoms with van der Waals surface area (Å²) >= 11 is 1.83.